The zero-order valence-corrected chi connectivity index (χ0v) is 11.6. The summed E-state index contributed by atoms with van der Waals surface area (Å²) in [5.41, 5.74) is 0.756. The molecular weight excluding hydrogens is 298 g/mol. The normalized spacial score (nSPS) is 15.0. The number of aliphatic carboxylic acids is 1. The lowest BCUT2D eigenvalue weighted by molar-refractivity contribution is -0.138. The Hall–Kier alpha value is -1.07. The molecule has 2 rings (SSSR count). The molecule has 0 radical (unpaired) electrons. The minimum absolute atomic E-state index is 0.0163. The third kappa shape index (κ3) is 3.99. The molecule has 0 atom stereocenters. The Morgan fingerprint density at radius 1 is 1.44 bits per heavy atom. The third-order valence-corrected chi connectivity index (χ3v) is 3.50. The van der Waals surface area contributed by atoms with E-state index in [-0.39, 0.29) is 12.3 Å². The lowest BCUT2D eigenvalue weighted by Gasteiger charge is -2.20. The number of carbonyl (C=O) groups is 1. The van der Waals surface area contributed by atoms with Crippen LogP contribution in [0.1, 0.15) is 18.4 Å². The maximum atomic E-state index is 10.8. The number of hydrogen-bond donors (Lipinski definition) is 2. The molecule has 1 aliphatic carbocycles. The van der Waals surface area contributed by atoms with Crippen LogP contribution in [0.4, 0.5) is 0 Å². The first-order valence-corrected chi connectivity index (χ1v) is 6.75. The summed E-state index contributed by atoms with van der Waals surface area (Å²) >= 11 is 3.35. The van der Waals surface area contributed by atoms with Crippen LogP contribution in [0, 0.1) is 5.92 Å². The van der Waals surface area contributed by atoms with Crippen molar-refractivity contribution in [2.24, 2.45) is 5.92 Å². The number of hydrogen-bond acceptors (Lipinski definition) is 3. The van der Waals surface area contributed by atoms with Crippen molar-refractivity contribution in [3.63, 3.8) is 0 Å². The van der Waals surface area contributed by atoms with Gasteiger partial charge < -0.3 is 10.2 Å². The standard InChI is InChI=1S/C13H16BrNO3/c14-11-3-4-12(16)10(5-11)7-15(8-13(17)18)6-9-1-2-9/h3-5,9,16H,1-2,6-8H2,(H,17,18). The Balaban J connectivity index is 2.05. The molecule has 1 aromatic rings. The van der Waals surface area contributed by atoms with E-state index < -0.39 is 5.97 Å². The predicted molar refractivity (Wildman–Crippen MR) is 71.4 cm³/mol. The third-order valence-electron chi connectivity index (χ3n) is 3.01. The maximum Gasteiger partial charge on any atom is 0.317 e. The van der Waals surface area contributed by atoms with Gasteiger partial charge in [-0.3, -0.25) is 9.69 Å². The fourth-order valence-corrected chi connectivity index (χ4v) is 2.37. The van der Waals surface area contributed by atoms with Gasteiger partial charge in [0.25, 0.3) is 0 Å². The molecule has 1 saturated carbocycles. The molecule has 1 aliphatic rings. The van der Waals surface area contributed by atoms with Gasteiger partial charge in [0.05, 0.1) is 6.54 Å². The number of phenols is 1. The van der Waals surface area contributed by atoms with Gasteiger partial charge in [-0.25, -0.2) is 0 Å². The lowest BCUT2D eigenvalue weighted by Crippen LogP contribution is -2.31. The molecule has 0 aromatic heterocycles. The second kappa shape index (κ2) is 5.71. The summed E-state index contributed by atoms with van der Waals surface area (Å²) in [4.78, 5) is 12.7. The van der Waals surface area contributed by atoms with Crippen molar-refractivity contribution in [1.82, 2.24) is 4.90 Å². The Morgan fingerprint density at radius 3 is 2.78 bits per heavy atom. The van der Waals surface area contributed by atoms with E-state index in [1.54, 1.807) is 12.1 Å². The first-order chi connectivity index (χ1) is 8.54. The van der Waals surface area contributed by atoms with Crippen LogP contribution in [-0.4, -0.2) is 34.2 Å². The Bertz CT molecular complexity index is 446. The van der Waals surface area contributed by atoms with Gasteiger partial charge in [-0.15, -0.1) is 0 Å². The fourth-order valence-electron chi connectivity index (χ4n) is 1.96. The van der Waals surface area contributed by atoms with Crippen LogP contribution in [0.3, 0.4) is 0 Å². The van der Waals surface area contributed by atoms with Crippen LogP contribution in [-0.2, 0) is 11.3 Å². The van der Waals surface area contributed by atoms with E-state index in [2.05, 4.69) is 15.9 Å². The topological polar surface area (TPSA) is 60.8 Å². The van der Waals surface area contributed by atoms with E-state index >= 15 is 0 Å². The summed E-state index contributed by atoms with van der Waals surface area (Å²) < 4.78 is 0.886. The summed E-state index contributed by atoms with van der Waals surface area (Å²) in [6, 6.07) is 5.22. The van der Waals surface area contributed by atoms with Crippen molar-refractivity contribution in [3.05, 3.63) is 28.2 Å². The van der Waals surface area contributed by atoms with Crippen molar-refractivity contribution in [2.75, 3.05) is 13.1 Å². The van der Waals surface area contributed by atoms with E-state index in [0.717, 1.165) is 16.6 Å². The van der Waals surface area contributed by atoms with Crippen LogP contribution >= 0.6 is 15.9 Å². The summed E-state index contributed by atoms with van der Waals surface area (Å²) in [5, 5.41) is 18.7. The summed E-state index contributed by atoms with van der Waals surface area (Å²) in [6.45, 7) is 1.27. The molecule has 0 bridgehead atoms. The molecule has 1 aromatic carbocycles. The summed E-state index contributed by atoms with van der Waals surface area (Å²) in [5.74, 6) is 0.00756. The number of rotatable bonds is 6. The van der Waals surface area contributed by atoms with Crippen molar-refractivity contribution in [2.45, 2.75) is 19.4 Å². The minimum atomic E-state index is -0.829. The molecule has 4 nitrogen and oxygen atoms in total. The highest BCUT2D eigenvalue weighted by Crippen LogP contribution is 2.31. The molecular formula is C13H16BrNO3. The molecule has 0 amide bonds. The molecule has 1 fully saturated rings. The molecule has 0 unspecified atom stereocenters. The highest BCUT2D eigenvalue weighted by molar-refractivity contribution is 9.10. The van der Waals surface area contributed by atoms with Crippen LogP contribution in [0.15, 0.2) is 22.7 Å². The maximum absolute atomic E-state index is 10.8. The average molecular weight is 314 g/mol. The van der Waals surface area contributed by atoms with Gasteiger partial charge in [0.15, 0.2) is 0 Å². The molecule has 2 N–H and O–H groups in total. The highest BCUT2D eigenvalue weighted by Gasteiger charge is 2.25. The van der Waals surface area contributed by atoms with Gasteiger partial charge in [-0.05, 0) is 37.0 Å². The van der Waals surface area contributed by atoms with Gasteiger partial charge in [0, 0.05) is 23.1 Å². The summed E-state index contributed by atoms with van der Waals surface area (Å²) in [6.07, 6.45) is 2.36. The molecule has 18 heavy (non-hydrogen) atoms. The first kappa shape index (κ1) is 13.4. The zero-order valence-electron chi connectivity index (χ0n) is 9.97. The Labute approximate surface area is 114 Å². The van der Waals surface area contributed by atoms with E-state index in [9.17, 15) is 9.90 Å². The summed E-state index contributed by atoms with van der Waals surface area (Å²) in [7, 11) is 0. The monoisotopic (exact) mass is 313 g/mol. The van der Waals surface area contributed by atoms with Gasteiger partial charge >= 0.3 is 5.97 Å². The van der Waals surface area contributed by atoms with Crippen molar-refractivity contribution in [1.29, 1.82) is 0 Å². The second-order valence-electron chi connectivity index (χ2n) is 4.78. The van der Waals surface area contributed by atoms with Crippen LogP contribution in [0.25, 0.3) is 0 Å². The van der Waals surface area contributed by atoms with Crippen molar-refractivity contribution in [3.8, 4) is 5.75 Å². The van der Waals surface area contributed by atoms with E-state index in [0.29, 0.717) is 12.5 Å². The smallest absolute Gasteiger partial charge is 0.317 e. The molecule has 0 saturated heterocycles. The first-order valence-electron chi connectivity index (χ1n) is 5.96. The van der Waals surface area contributed by atoms with Gasteiger partial charge in [0.2, 0.25) is 0 Å². The molecule has 0 heterocycles. The number of phenolic OH excluding ortho intramolecular Hbond substituents is 1. The van der Waals surface area contributed by atoms with E-state index in [4.69, 9.17) is 5.11 Å². The van der Waals surface area contributed by atoms with Crippen LogP contribution in [0.2, 0.25) is 0 Å². The second-order valence-corrected chi connectivity index (χ2v) is 5.70. The number of halogens is 1. The van der Waals surface area contributed by atoms with E-state index in [1.165, 1.54) is 12.8 Å². The van der Waals surface area contributed by atoms with Crippen LogP contribution < -0.4 is 0 Å². The van der Waals surface area contributed by atoms with Crippen molar-refractivity contribution >= 4 is 21.9 Å². The number of carboxylic acid groups (broad SMARTS) is 1. The lowest BCUT2D eigenvalue weighted by atomic mass is 10.2. The Kier molecular flexibility index (Phi) is 4.24. The van der Waals surface area contributed by atoms with Gasteiger partial charge in [0.1, 0.15) is 5.75 Å². The molecule has 98 valence electrons. The van der Waals surface area contributed by atoms with Crippen LogP contribution in [0.5, 0.6) is 5.75 Å². The molecule has 0 aliphatic heterocycles. The fraction of sp³-hybridized carbons (Fsp3) is 0.462. The predicted octanol–water partition coefficient (Wildman–Crippen LogP) is 2.45. The number of carboxylic acids is 1. The van der Waals surface area contributed by atoms with Gasteiger partial charge in [-0.2, -0.15) is 0 Å². The quantitative estimate of drug-likeness (QED) is 0.847. The average Bonchev–Trinajstić information content (AvgIpc) is 3.06. The molecule has 5 heteroatoms. The number of nitrogens with zero attached hydrogens (tertiary/aromatic N) is 1. The number of aromatic hydroxyl groups is 1. The zero-order chi connectivity index (χ0) is 13.1. The minimum Gasteiger partial charge on any atom is -0.508 e. The largest absolute Gasteiger partial charge is 0.508 e. The highest BCUT2D eigenvalue weighted by atomic mass is 79.9. The SMILES string of the molecule is O=C(O)CN(Cc1cc(Br)ccc1O)CC1CC1. The number of benzene rings is 1. The van der Waals surface area contributed by atoms with E-state index in [1.807, 2.05) is 11.0 Å². The molecule has 0 spiro atoms. The van der Waals surface area contributed by atoms with Crippen molar-refractivity contribution < 1.29 is 15.0 Å². The Morgan fingerprint density at radius 2 is 2.17 bits per heavy atom. The van der Waals surface area contributed by atoms with Gasteiger partial charge in [-0.1, -0.05) is 15.9 Å².